The van der Waals surface area contributed by atoms with E-state index >= 15 is 0 Å². The van der Waals surface area contributed by atoms with Crippen LogP contribution in [-0.4, -0.2) is 24.9 Å². The summed E-state index contributed by atoms with van der Waals surface area (Å²) in [6.07, 6.45) is 0.141. The average molecular weight is 304 g/mol. The van der Waals surface area contributed by atoms with E-state index in [1.165, 1.54) is 11.0 Å². The van der Waals surface area contributed by atoms with Gasteiger partial charge in [-0.25, -0.2) is 4.39 Å². The van der Waals surface area contributed by atoms with Crippen LogP contribution in [0.5, 0.6) is 0 Å². The highest BCUT2D eigenvalue weighted by atomic mass is 79.9. The molecular formula is C11H8BrF2NO2. The Morgan fingerprint density at radius 2 is 2.00 bits per heavy atom. The van der Waals surface area contributed by atoms with E-state index in [-0.39, 0.29) is 18.5 Å². The summed E-state index contributed by atoms with van der Waals surface area (Å²) in [6.45, 7) is -0.468. The Morgan fingerprint density at radius 3 is 2.65 bits per heavy atom. The first-order chi connectivity index (χ1) is 8.06. The molecule has 90 valence electrons. The van der Waals surface area contributed by atoms with Crippen molar-refractivity contribution in [2.24, 2.45) is 0 Å². The monoisotopic (exact) mass is 303 g/mol. The lowest BCUT2D eigenvalue weighted by Gasteiger charge is -2.16. The number of fused-ring (bicyclic) bond motifs is 1. The third kappa shape index (κ3) is 1.97. The fourth-order valence-corrected chi connectivity index (χ4v) is 2.43. The van der Waals surface area contributed by atoms with Crippen LogP contribution in [0.4, 0.5) is 14.5 Å². The minimum atomic E-state index is -0.751. The minimum absolute atomic E-state index is 0.0285. The molecule has 0 aromatic heterocycles. The van der Waals surface area contributed by atoms with Crippen LogP contribution >= 0.6 is 15.9 Å². The van der Waals surface area contributed by atoms with E-state index in [2.05, 4.69) is 15.9 Å². The molecule has 3 nitrogen and oxygen atoms in total. The van der Waals surface area contributed by atoms with Crippen molar-refractivity contribution in [3.05, 3.63) is 28.0 Å². The average Bonchev–Trinajstić information content (AvgIpc) is 2.51. The highest BCUT2D eigenvalue weighted by Crippen LogP contribution is 2.36. The number of amides is 1. The number of rotatable bonds is 3. The Morgan fingerprint density at radius 1 is 1.29 bits per heavy atom. The van der Waals surface area contributed by atoms with Gasteiger partial charge in [0.15, 0.2) is 0 Å². The maximum absolute atomic E-state index is 13.1. The van der Waals surface area contributed by atoms with Crippen LogP contribution in [0.15, 0.2) is 16.6 Å². The molecule has 6 heteroatoms. The first kappa shape index (κ1) is 12.2. The second-order valence-electron chi connectivity index (χ2n) is 3.61. The Balaban J connectivity index is 2.48. The van der Waals surface area contributed by atoms with Crippen molar-refractivity contribution in [3.63, 3.8) is 0 Å². The van der Waals surface area contributed by atoms with Gasteiger partial charge in [0.05, 0.1) is 17.9 Å². The second kappa shape index (κ2) is 4.52. The van der Waals surface area contributed by atoms with Gasteiger partial charge in [0.2, 0.25) is 0 Å². The number of nitrogens with zero attached hydrogens (tertiary/aromatic N) is 1. The minimum Gasteiger partial charge on any atom is -0.304 e. The first-order valence-electron chi connectivity index (χ1n) is 4.97. The molecule has 0 N–H and O–H groups in total. The van der Waals surface area contributed by atoms with Gasteiger partial charge in [-0.05, 0) is 34.5 Å². The number of benzene rings is 1. The summed E-state index contributed by atoms with van der Waals surface area (Å²) in [5.74, 6) is -2.08. The lowest BCUT2D eigenvalue weighted by Crippen LogP contribution is -2.31. The van der Waals surface area contributed by atoms with E-state index in [0.29, 0.717) is 10.2 Å². The van der Waals surface area contributed by atoms with Crippen LogP contribution in [0, 0.1) is 5.82 Å². The molecule has 1 heterocycles. The lowest BCUT2D eigenvalue weighted by atomic mass is 10.1. The zero-order chi connectivity index (χ0) is 12.6. The number of carbonyl (C=O) groups is 2. The Labute approximate surface area is 105 Å². The van der Waals surface area contributed by atoms with Crippen LogP contribution < -0.4 is 4.90 Å². The van der Waals surface area contributed by atoms with Crippen LogP contribution in [0.2, 0.25) is 0 Å². The number of alkyl halides is 1. The van der Waals surface area contributed by atoms with Gasteiger partial charge < -0.3 is 4.90 Å². The van der Waals surface area contributed by atoms with Crippen molar-refractivity contribution in [1.82, 2.24) is 0 Å². The smallest absolute Gasteiger partial charge is 0.299 e. The van der Waals surface area contributed by atoms with Gasteiger partial charge in [0, 0.05) is 11.0 Å². The van der Waals surface area contributed by atoms with Crippen molar-refractivity contribution in [3.8, 4) is 0 Å². The van der Waals surface area contributed by atoms with Crippen LogP contribution in [0.1, 0.15) is 16.8 Å². The molecule has 1 aromatic rings. The molecule has 0 radical (unpaired) electrons. The fourth-order valence-electron chi connectivity index (χ4n) is 1.78. The number of hydrogen-bond acceptors (Lipinski definition) is 2. The molecule has 1 amide bonds. The molecule has 17 heavy (non-hydrogen) atoms. The van der Waals surface area contributed by atoms with Crippen molar-refractivity contribution in [1.29, 1.82) is 0 Å². The summed E-state index contributed by atoms with van der Waals surface area (Å²) >= 11 is 3.11. The van der Waals surface area contributed by atoms with Gasteiger partial charge >= 0.3 is 0 Å². The fraction of sp³-hybridized carbons (Fsp3) is 0.273. The van der Waals surface area contributed by atoms with Crippen molar-refractivity contribution < 1.29 is 18.4 Å². The maximum Gasteiger partial charge on any atom is 0.299 e. The maximum atomic E-state index is 13.1. The van der Waals surface area contributed by atoms with E-state index in [9.17, 15) is 18.4 Å². The molecule has 0 saturated heterocycles. The van der Waals surface area contributed by atoms with Gasteiger partial charge in [-0.2, -0.15) is 0 Å². The number of carbonyl (C=O) groups excluding carboxylic acids is 2. The highest BCUT2D eigenvalue weighted by Gasteiger charge is 2.37. The van der Waals surface area contributed by atoms with Crippen molar-refractivity contribution in [2.75, 3.05) is 18.1 Å². The summed E-state index contributed by atoms with van der Waals surface area (Å²) in [7, 11) is 0. The van der Waals surface area contributed by atoms with Gasteiger partial charge in [-0.1, -0.05) is 0 Å². The topological polar surface area (TPSA) is 37.4 Å². The quantitative estimate of drug-likeness (QED) is 0.805. The summed E-state index contributed by atoms with van der Waals surface area (Å²) in [4.78, 5) is 24.4. The normalized spacial score (nSPS) is 14.4. The zero-order valence-electron chi connectivity index (χ0n) is 8.67. The molecule has 2 rings (SSSR count). The molecule has 0 fully saturated rings. The lowest BCUT2D eigenvalue weighted by molar-refractivity contribution is -0.114. The summed E-state index contributed by atoms with van der Waals surface area (Å²) in [6, 6.07) is 2.20. The van der Waals surface area contributed by atoms with Crippen molar-refractivity contribution in [2.45, 2.75) is 6.42 Å². The summed E-state index contributed by atoms with van der Waals surface area (Å²) < 4.78 is 25.6. The summed E-state index contributed by atoms with van der Waals surface area (Å²) in [5.41, 5.74) is 0.357. The molecule has 1 aromatic carbocycles. The number of Topliss-reactive ketones (excluding diaryl/α,β-unsaturated/α-hetero) is 1. The van der Waals surface area contributed by atoms with Gasteiger partial charge in [-0.3, -0.25) is 14.0 Å². The van der Waals surface area contributed by atoms with E-state index in [0.717, 1.165) is 6.07 Å². The van der Waals surface area contributed by atoms with Crippen LogP contribution in [0.25, 0.3) is 0 Å². The predicted molar refractivity (Wildman–Crippen MR) is 61.4 cm³/mol. The Bertz CT molecular complexity index is 504. The SMILES string of the molecule is O=C1C(=O)N(CCCF)c2c(Br)cc(F)cc21. The van der Waals surface area contributed by atoms with Gasteiger partial charge in [0.25, 0.3) is 11.7 Å². The molecule has 0 bridgehead atoms. The number of hydrogen-bond donors (Lipinski definition) is 0. The summed E-state index contributed by atoms with van der Waals surface area (Å²) in [5, 5.41) is 0. The first-order valence-corrected chi connectivity index (χ1v) is 5.76. The number of anilines is 1. The Hall–Kier alpha value is -1.30. The van der Waals surface area contributed by atoms with Crippen LogP contribution in [-0.2, 0) is 4.79 Å². The molecule has 0 spiro atoms. The molecule has 1 aliphatic heterocycles. The second-order valence-corrected chi connectivity index (χ2v) is 4.47. The predicted octanol–water partition coefficient (Wildman–Crippen LogP) is 2.48. The van der Waals surface area contributed by atoms with Gasteiger partial charge in [-0.15, -0.1) is 0 Å². The number of halogens is 3. The van der Waals surface area contributed by atoms with E-state index < -0.39 is 24.2 Å². The largest absolute Gasteiger partial charge is 0.304 e. The molecule has 0 aliphatic carbocycles. The van der Waals surface area contributed by atoms with Gasteiger partial charge in [0.1, 0.15) is 5.82 Å². The third-order valence-electron chi connectivity index (χ3n) is 2.50. The molecule has 0 atom stereocenters. The third-order valence-corrected chi connectivity index (χ3v) is 3.10. The molecule has 1 aliphatic rings. The standard InChI is InChI=1S/C11H8BrF2NO2/c12-8-5-6(14)4-7-9(8)15(3-1-2-13)11(17)10(7)16/h4-5H,1-3H2. The highest BCUT2D eigenvalue weighted by molar-refractivity contribution is 9.10. The zero-order valence-corrected chi connectivity index (χ0v) is 10.3. The van der Waals surface area contributed by atoms with E-state index in [1.54, 1.807) is 0 Å². The number of ketones is 1. The molecular weight excluding hydrogens is 296 g/mol. The van der Waals surface area contributed by atoms with Crippen LogP contribution in [0.3, 0.4) is 0 Å². The van der Waals surface area contributed by atoms with Crippen molar-refractivity contribution >= 4 is 33.3 Å². The van der Waals surface area contributed by atoms with E-state index in [4.69, 9.17) is 0 Å². The molecule has 0 unspecified atom stereocenters. The Kier molecular flexibility index (Phi) is 3.24. The molecule has 0 saturated carbocycles. The van der Waals surface area contributed by atoms with E-state index in [1.807, 2.05) is 0 Å².